The molecule has 3 heterocycles. The van der Waals surface area contributed by atoms with Crippen LogP contribution in [0.5, 0.6) is 5.75 Å². The van der Waals surface area contributed by atoms with E-state index in [1.54, 1.807) is 38.6 Å². The van der Waals surface area contributed by atoms with Crippen LogP contribution in [0.4, 0.5) is 5.69 Å². The Morgan fingerprint density at radius 2 is 1.82 bits per heavy atom. The average Bonchev–Trinajstić information content (AvgIpc) is 3.62. The molecule has 3 saturated heterocycles. The fourth-order valence-corrected chi connectivity index (χ4v) is 10.7. The van der Waals surface area contributed by atoms with Gasteiger partial charge in [-0.25, -0.2) is 0 Å². The number of benzene rings is 2. The Morgan fingerprint density at radius 1 is 1.11 bits per heavy atom. The summed E-state index contributed by atoms with van der Waals surface area (Å²) >= 11 is 5.47. The number of halogens is 1. The number of anilines is 1. The van der Waals surface area contributed by atoms with Crippen LogP contribution in [0.3, 0.4) is 0 Å². The van der Waals surface area contributed by atoms with Crippen LogP contribution in [0, 0.1) is 11.8 Å². The van der Waals surface area contributed by atoms with Crippen LogP contribution >= 0.6 is 27.7 Å². The Morgan fingerprint density at radius 3 is 2.45 bits per heavy atom. The number of thioether (sulfide) groups is 1. The van der Waals surface area contributed by atoms with Crippen molar-refractivity contribution in [2.45, 2.75) is 47.2 Å². The highest BCUT2D eigenvalue weighted by molar-refractivity contribution is 9.09. The maximum atomic E-state index is 14.6. The molecule has 2 aromatic carbocycles. The number of hydrogen-bond donors (Lipinski definition) is 1. The number of nitrogens with zero attached hydrogens (tertiary/aromatic N) is 3. The van der Waals surface area contributed by atoms with E-state index >= 15 is 0 Å². The number of carbonyl (C=O) groups excluding carboxylic acids is 3. The smallest absolute Gasteiger partial charge is 0.247 e. The Kier molecular flexibility index (Phi) is 10.2. The van der Waals surface area contributed by atoms with Gasteiger partial charge >= 0.3 is 0 Å². The minimum atomic E-state index is -0.780. The van der Waals surface area contributed by atoms with Gasteiger partial charge in [-0.3, -0.25) is 14.4 Å². The molecule has 8 nitrogen and oxygen atoms in total. The summed E-state index contributed by atoms with van der Waals surface area (Å²) in [7, 11) is 0. The van der Waals surface area contributed by atoms with Crippen molar-refractivity contribution in [2.75, 3.05) is 37.7 Å². The van der Waals surface area contributed by atoms with Gasteiger partial charge in [0.15, 0.2) is 0 Å². The summed E-state index contributed by atoms with van der Waals surface area (Å²) in [6, 6.07) is 16.4. The number of hydrogen-bond acceptors (Lipinski definition) is 6. The summed E-state index contributed by atoms with van der Waals surface area (Å²) in [6.45, 7) is 11.4. The van der Waals surface area contributed by atoms with Crippen LogP contribution in [0.1, 0.15) is 25.3 Å². The zero-order valence-electron chi connectivity index (χ0n) is 25.0. The molecule has 3 unspecified atom stereocenters. The van der Waals surface area contributed by atoms with E-state index in [4.69, 9.17) is 4.74 Å². The van der Waals surface area contributed by atoms with E-state index < -0.39 is 22.6 Å². The lowest BCUT2D eigenvalue weighted by Crippen LogP contribution is -2.55. The molecule has 0 saturated carbocycles. The normalized spacial score (nSPS) is 26.8. The fraction of sp³-hybridized carbons (Fsp3) is 0.441. The number of amides is 3. The molecule has 3 amide bonds. The van der Waals surface area contributed by atoms with E-state index in [0.717, 1.165) is 5.56 Å². The molecule has 6 atom stereocenters. The minimum absolute atomic E-state index is 0.0496. The van der Waals surface area contributed by atoms with Gasteiger partial charge in [-0.15, -0.1) is 24.9 Å². The number of alkyl halides is 1. The Hall–Kier alpha value is -3.08. The molecule has 44 heavy (non-hydrogen) atoms. The summed E-state index contributed by atoms with van der Waals surface area (Å²) in [4.78, 5) is 48.6. The second-order valence-corrected chi connectivity index (χ2v) is 14.1. The van der Waals surface area contributed by atoms with Gasteiger partial charge in [0.05, 0.1) is 23.2 Å². The SMILES string of the molecule is C=CCN(Cc1ccccc1)C(=O)C1N(CCCO)C(=O)[C@@H]2[C@H](C(=O)N(CC=C)c3ccc(OCC)cc3)[C@H]3SC12CC3Br. The van der Waals surface area contributed by atoms with E-state index in [2.05, 4.69) is 29.1 Å². The summed E-state index contributed by atoms with van der Waals surface area (Å²) in [6.07, 6.45) is 4.32. The molecule has 5 rings (SSSR count). The number of rotatable bonds is 14. The van der Waals surface area contributed by atoms with Crippen LogP contribution < -0.4 is 9.64 Å². The number of aliphatic hydroxyl groups is 1. The molecule has 3 aliphatic rings. The van der Waals surface area contributed by atoms with Crippen molar-refractivity contribution in [1.82, 2.24) is 9.80 Å². The third-order valence-corrected chi connectivity index (χ3v) is 12.0. The predicted molar refractivity (Wildman–Crippen MR) is 178 cm³/mol. The first-order chi connectivity index (χ1) is 21.3. The Bertz CT molecular complexity index is 1370. The van der Waals surface area contributed by atoms with E-state index in [1.165, 1.54) is 0 Å². The van der Waals surface area contributed by atoms with Crippen molar-refractivity contribution >= 4 is 51.1 Å². The first kappa shape index (κ1) is 32.3. The summed E-state index contributed by atoms with van der Waals surface area (Å²) < 4.78 is 4.81. The molecule has 0 aliphatic carbocycles. The third kappa shape index (κ3) is 5.84. The first-order valence-corrected chi connectivity index (χ1v) is 16.9. The fourth-order valence-electron chi connectivity index (χ4n) is 7.06. The van der Waals surface area contributed by atoms with E-state index in [9.17, 15) is 19.5 Å². The molecule has 2 bridgehead atoms. The van der Waals surface area contributed by atoms with Gasteiger partial charge in [-0.05, 0) is 49.6 Å². The highest BCUT2D eigenvalue weighted by Gasteiger charge is 2.76. The van der Waals surface area contributed by atoms with Gasteiger partial charge in [-0.2, -0.15) is 0 Å². The molecular formula is C34H40BrN3O5S. The molecular weight excluding hydrogens is 642 g/mol. The Labute approximate surface area is 272 Å². The van der Waals surface area contributed by atoms with Gasteiger partial charge in [0.1, 0.15) is 11.8 Å². The van der Waals surface area contributed by atoms with Crippen molar-refractivity contribution in [1.29, 1.82) is 0 Å². The van der Waals surface area contributed by atoms with Crippen molar-refractivity contribution < 1.29 is 24.2 Å². The predicted octanol–water partition coefficient (Wildman–Crippen LogP) is 4.67. The minimum Gasteiger partial charge on any atom is -0.494 e. The summed E-state index contributed by atoms with van der Waals surface area (Å²) in [5.74, 6) is -1.08. The zero-order chi connectivity index (χ0) is 31.4. The molecule has 234 valence electrons. The molecule has 3 fully saturated rings. The summed E-state index contributed by atoms with van der Waals surface area (Å²) in [5, 5.41) is 9.54. The molecule has 0 aromatic heterocycles. The molecule has 0 radical (unpaired) electrons. The monoisotopic (exact) mass is 681 g/mol. The van der Waals surface area contributed by atoms with Crippen LogP contribution in [0.2, 0.25) is 0 Å². The standard InChI is InChI=1S/C34H40BrN3O5S/c1-4-17-36(22-23-11-8-7-9-12-23)33(42)30-34-21-26(35)29(44-34)27(28(34)32(41)38(30)19-10-20-39)31(40)37(18-5-2)24-13-15-25(16-14-24)43-6-3/h4-5,7-9,11-16,26-30,39H,1-2,6,10,17-22H2,3H3/t26?,27-,28-,29-,30?,34?/m0/s1. The van der Waals surface area contributed by atoms with Crippen LogP contribution in [-0.4, -0.2) is 86.3 Å². The molecule has 1 N–H and O–H groups in total. The van der Waals surface area contributed by atoms with Gasteiger partial charge < -0.3 is 24.5 Å². The topological polar surface area (TPSA) is 90.4 Å². The maximum absolute atomic E-state index is 14.6. The number of fused-ring (bicyclic) bond motifs is 1. The maximum Gasteiger partial charge on any atom is 0.247 e. The third-order valence-electron chi connectivity index (χ3n) is 8.78. The van der Waals surface area contributed by atoms with Crippen LogP contribution in [-0.2, 0) is 20.9 Å². The van der Waals surface area contributed by atoms with Crippen molar-refractivity contribution in [3.63, 3.8) is 0 Å². The number of carbonyl (C=O) groups is 3. The second kappa shape index (κ2) is 13.9. The van der Waals surface area contributed by atoms with Gasteiger partial charge in [-0.1, -0.05) is 58.4 Å². The lowest BCUT2D eigenvalue weighted by atomic mass is 9.70. The molecule has 2 aromatic rings. The average molecular weight is 683 g/mol. The van der Waals surface area contributed by atoms with Gasteiger partial charge in [0, 0.05) is 48.6 Å². The summed E-state index contributed by atoms with van der Waals surface area (Å²) in [5.41, 5.74) is 1.68. The van der Waals surface area contributed by atoms with Gasteiger partial charge in [0.2, 0.25) is 17.7 Å². The molecule has 3 aliphatic heterocycles. The first-order valence-electron chi connectivity index (χ1n) is 15.1. The molecule has 1 spiro atoms. The van der Waals surface area contributed by atoms with E-state index in [0.29, 0.717) is 44.0 Å². The number of aliphatic hydroxyl groups excluding tert-OH is 1. The largest absolute Gasteiger partial charge is 0.494 e. The Balaban J connectivity index is 1.52. The van der Waals surface area contributed by atoms with E-state index in [1.807, 2.05) is 61.5 Å². The highest BCUT2D eigenvalue weighted by atomic mass is 79.9. The molecule has 10 heteroatoms. The van der Waals surface area contributed by atoms with Gasteiger partial charge in [0.25, 0.3) is 0 Å². The number of ether oxygens (including phenoxy) is 1. The van der Waals surface area contributed by atoms with Crippen molar-refractivity contribution in [3.8, 4) is 5.75 Å². The van der Waals surface area contributed by atoms with Crippen molar-refractivity contribution in [3.05, 3.63) is 85.5 Å². The van der Waals surface area contributed by atoms with Crippen molar-refractivity contribution in [2.24, 2.45) is 11.8 Å². The zero-order valence-corrected chi connectivity index (χ0v) is 27.4. The second-order valence-electron chi connectivity index (χ2n) is 11.4. The lowest BCUT2D eigenvalue weighted by molar-refractivity contribution is -0.143. The number of likely N-dealkylation sites (tertiary alicyclic amines) is 1. The van der Waals surface area contributed by atoms with Crippen LogP contribution in [0.25, 0.3) is 0 Å². The lowest BCUT2D eigenvalue weighted by Gasteiger charge is -2.38. The quantitative estimate of drug-likeness (QED) is 0.230. The highest BCUT2D eigenvalue weighted by Crippen LogP contribution is 2.68. The van der Waals surface area contributed by atoms with Crippen LogP contribution in [0.15, 0.2) is 79.9 Å². The van der Waals surface area contributed by atoms with E-state index in [-0.39, 0.29) is 47.5 Å².